The molecule has 0 saturated carbocycles. The van der Waals surface area contributed by atoms with Crippen molar-refractivity contribution in [1.82, 2.24) is 4.98 Å². The number of nitrogens with zero attached hydrogens (tertiary/aromatic N) is 1. The zero-order valence-corrected chi connectivity index (χ0v) is 12.5. The number of aromatic nitrogens is 1. The average Bonchev–Trinajstić information content (AvgIpc) is 2.27. The molecule has 1 aromatic heterocycles. The van der Waals surface area contributed by atoms with Crippen LogP contribution < -0.4 is 5.32 Å². The monoisotopic (exact) mass is 304 g/mol. The molecule has 0 aliphatic carbocycles. The Labute approximate surface area is 117 Å². The zero-order valence-electron chi connectivity index (χ0n) is 10.9. The Morgan fingerprint density at radius 1 is 1.06 bits per heavy atom. The van der Waals surface area contributed by atoms with E-state index in [1.807, 2.05) is 12.4 Å². The number of rotatable bonds is 3. The summed E-state index contributed by atoms with van der Waals surface area (Å²) in [5.41, 5.74) is 6.11. The van der Waals surface area contributed by atoms with Crippen molar-refractivity contribution in [2.45, 2.75) is 27.3 Å². The molecule has 0 atom stereocenters. The predicted octanol–water partition coefficient (Wildman–Crippen LogP) is 4.38. The van der Waals surface area contributed by atoms with Crippen LogP contribution in [0.4, 0.5) is 5.69 Å². The number of benzene rings is 1. The minimum Gasteiger partial charge on any atom is -0.380 e. The van der Waals surface area contributed by atoms with E-state index in [1.165, 1.54) is 27.9 Å². The Hall–Kier alpha value is -1.35. The smallest absolute Gasteiger partial charge is 0.0416 e. The van der Waals surface area contributed by atoms with Crippen LogP contribution in [0.5, 0.6) is 0 Å². The van der Waals surface area contributed by atoms with Crippen LogP contribution in [0.25, 0.3) is 0 Å². The van der Waals surface area contributed by atoms with Gasteiger partial charge in [0.15, 0.2) is 0 Å². The summed E-state index contributed by atoms with van der Waals surface area (Å²) >= 11 is 3.51. The van der Waals surface area contributed by atoms with Crippen LogP contribution in [0.15, 0.2) is 35.1 Å². The second-order valence-electron chi connectivity index (χ2n) is 4.64. The number of hydrogen-bond acceptors (Lipinski definition) is 2. The van der Waals surface area contributed by atoms with E-state index in [2.05, 4.69) is 65.2 Å². The third kappa shape index (κ3) is 3.10. The highest BCUT2D eigenvalue weighted by Gasteiger charge is 2.04. The van der Waals surface area contributed by atoms with Gasteiger partial charge in [-0.05, 0) is 55.2 Å². The van der Waals surface area contributed by atoms with Crippen LogP contribution in [0.1, 0.15) is 22.3 Å². The Bertz CT molecular complexity index is 541. The third-order valence-electron chi connectivity index (χ3n) is 2.90. The summed E-state index contributed by atoms with van der Waals surface area (Å²) in [7, 11) is 0. The molecule has 18 heavy (non-hydrogen) atoms. The predicted molar refractivity (Wildman–Crippen MR) is 79.9 cm³/mol. The number of anilines is 1. The highest BCUT2D eigenvalue weighted by atomic mass is 79.9. The molecule has 0 amide bonds. The van der Waals surface area contributed by atoms with Gasteiger partial charge in [-0.15, -0.1) is 0 Å². The molecule has 0 saturated heterocycles. The number of nitrogens with one attached hydrogen (secondary N) is 1. The standard InChI is InChI=1S/C15H17BrN2/c1-10-4-13(8-17-7-10)9-18-15-11(2)5-14(16)6-12(15)3/h4-8,18H,9H2,1-3H3. The maximum Gasteiger partial charge on any atom is 0.0416 e. The van der Waals surface area contributed by atoms with E-state index in [0.29, 0.717) is 0 Å². The van der Waals surface area contributed by atoms with Gasteiger partial charge in [-0.1, -0.05) is 22.0 Å². The molecule has 2 aromatic rings. The molecule has 1 N–H and O–H groups in total. The Morgan fingerprint density at radius 3 is 2.33 bits per heavy atom. The third-order valence-corrected chi connectivity index (χ3v) is 3.36. The highest BCUT2D eigenvalue weighted by Crippen LogP contribution is 2.25. The van der Waals surface area contributed by atoms with Crippen molar-refractivity contribution < 1.29 is 0 Å². The average molecular weight is 305 g/mol. The first kappa shape index (κ1) is 13.1. The summed E-state index contributed by atoms with van der Waals surface area (Å²) in [6, 6.07) is 6.41. The van der Waals surface area contributed by atoms with Crippen molar-refractivity contribution in [1.29, 1.82) is 0 Å². The van der Waals surface area contributed by atoms with Crippen LogP contribution in [-0.4, -0.2) is 4.98 Å². The Kier molecular flexibility index (Phi) is 4.02. The minimum absolute atomic E-state index is 0.804. The lowest BCUT2D eigenvalue weighted by molar-refractivity contribution is 1.09. The van der Waals surface area contributed by atoms with Gasteiger partial charge in [0, 0.05) is 29.1 Å². The van der Waals surface area contributed by atoms with Crippen LogP contribution in [0.2, 0.25) is 0 Å². The molecule has 2 rings (SSSR count). The summed E-state index contributed by atoms with van der Waals surface area (Å²) in [5.74, 6) is 0. The first-order chi connectivity index (χ1) is 8.56. The summed E-state index contributed by atoms with van der Waals surface area (Å²) in [6.45, 7) is 7.10. The van der Waals surface area contributed by atoms with Crippen molar-refractivity contribution in [3.8, 4) is 0 Å². The zero-order chi connectivity index (χ0) is 13.1. The molecule has 0 radical (unpaired) electrons. The molecule has 94 valence electrons. The van der Waals surface area contributed by atoms with Crippen molar-refractivity contribution in [3.63, 3.8) is 0 Å². The number of hydrogen-bond donors (Lipinski definition) is 1. The van der Waals surface area contributed by atoms with E-state index < -0.39 is 0 Å². The van der Waals surface area contributed by atoms with Gasteiger partial charge in [0.05, 0.1) is 0 Å². The SMILES string of the molecule is Cc1cncc(CNc2c(C)cc(Br)cc2C)c1. The van der Waals surface area contributed by atoms with E-state index in [4.69, 9.17) is 0 Å². The van der Waals surface area contributed by atoms with Crippen LogP contribution in [0.3, 0.4) is 0 Å². The van der Waals surface area contributed by atoms with Gasteiger partial charge in [-0.2, -0.15) is 0 Å². The number of halogens is 1. The fourth-order valence-electron chi connectivity index (χ4n) is 2.09. The van der Waals surface area contributed by atoms with Crippen molar-refractivity contribution in [2.75, 3.05) is 5.32 Å². The van der Waals surface area contributed by atoms with Crippen molar-refractivity contribution in [3.05, 3.63) is 57.3 Å². The molecule has 0 spiro atoms. The maximum atomic E-state index is 4.21. The summed E-state index contributed by atoms with van der Waals surface area (Å²) in [5, 5.41) is 3.49. The fourth-order valence-corrected chi connectivity index (χ4v) is 2.78. The second-order valence-corrected chi connectivity index (χ2v) is 5.55. The van der Waals surface area contributed by atoms with Crippen LogP contribution in [0, 0.1) is 20.8 Å². The van der Waals surface area contributed by atoms with Gasteiger partial charge < -0.3 is 5.32 Å². The first-order valence-electron chi connectivity index (χ1n) is 5.97. The van der Waals surface area contributed by atoms with Crippen LogP contribution in [-0.2, 0) is 6.54 Å². The number of aryl methyl sites for hydroxylation is 3. The molecule has 3 heteroatoms. The molecule has 1 heterocycles. The molecule has 0 unspecified atom stereocenters. The lowest BCUT2D eigenvalue weighted by atomic mass is 10.1. The maximum absolute atomic E-state index is 4.21. The van der Waals surface area contributed by atoms with Crippen LogP contribution >= 0.6 is 15.9 Å². The molecule has 0 bridgehead atoms. The molecular weight excluding hydrogens is 288 g/mol. The fraction of sp³-hybridized carbons (Fsp3) is 0.267. The second kappa shape index (κ2) is 5.53. The number of pyridine rings is 1. The summed E-state index contributed by atoms with van der Waals surface area (Å²) in [4.78, 5) is 4.21. The first-order valence-corrected chi connectivity index (χ1v) is 6.76. The van der Waals surface area contributed by atoms with Crippen molar-refractivity contribution in [2.24, 2.45) is 0 Å². The Balaban J connectivity index is 2.16. The molecule has 1 aromatic carbocycles. The molecule has 2 nitrogen and oxygen atoms in total. The van der Waals surface area contributed by atoms with Gasteiger partial charge in [0.25, 0.3) is 0 Å². The van der Waals surface area contributed by atoms with Crippen molar-refractivity contribution >= 4 is 21.6 Å². The van der Waals surface area contributed by atoms with Gasteiger partial charge >= 0.3 is 0 Å². The molecule has 0 aliphatic rings. The largest absolute Gasteiger partial charge is 0.380 e. The van der Waals surface area contributed by atoms with Gasteiger partial charge in [-0.3, -0.25) is 4.98 Å². The van der Waals surface area contributed by atoms with E-state index in [0.717, 1.165) is 11.0 Å². The minimum atomic E-state index is 0.804. The topological polar surface area (TPSA) is 24.9 Å². The molecule has 0 aliphatic heterocycles. The van der Waals surface area contributed by atoms with Gasteiger partial charge in [0.1, 0.15) is 0 Å². The Morgan fingerprint density at radius 2 is 1.72 bits per heavy atom. The lowest BCUT2D eigenvalue weighted by Gasteiger charge is -2.13. The van der Waals surface area contributed by atoms with E-state index in [-0.39, 0.29) is 0 Å². The van der Waals surface area contributed by atoms with E-state index in [1.54, 1.807) is 0 Å². The highest BCUT2D eigenvalue weighted by molar-refractivity contribution is 9.10. The molecule has 0 fully saturated rings. The normalized spacial score (nSPS) is 10.4. The quantitative estimate of drug-likeness (QED) is 0.910. The molecular formula is C15H17BrN2. The summed E-state index contributed by atoms with van der Waals surface area (Å²) < 4.78 is 1.13. The summed E-state index contributed by atoms with van der Waals surface area (Å²) in [6.07, 6.45) is 3.78. The lowest BCUT2D eigenvalue weighted by Crippen LogP contribution is -2.03. The van der Waals surface area contributed by atoms with Gasteiger partial charge in [0.2, 0.25) is 0 Å². The van der Waals surface area contributed by atoms with E-state index in [9.17, 15) is 0 Å². The van der Waals surface area contributed by atoms with Gasteiger partial charge in [-0.25, -0.2) is 0 Å². The van der Waals surface area contributed by atoms with E-state index >= 15 is 0 Å².